The SMILES string of the molecule is CCOc1ccc(OC(C)C(=O)NNC(=O)/C=C/c2ccc(Br)s2)cc1. The molecular formula is C18H19BrN2O4S. The first-order valence-electron chi connectivity index (χ1n) is 7.90. The maximum absolute atomic E-state index is 12.0. The second-order valence-electron chi connectivity index (χ2n) is 5.12. The summed E-state index contributed by atoms with van der Waals surface area (Å²) in [5.41, 5.74) is 4.65. The van der Waals surface area contributed by atoms with Gasteiger partial charge in [-0.15, -0.1) is 11.3 Å². The summed E-state index contributed by atoms with van der Waals surface area (Å²) >= 11 is 4.85. The van der Waals surface area contributed by atoms with Crippen molar-refractivity contribution < 1.29 is 19.1 Å². The summed E-state index contributed by atoms with van der Waals surface area (Å²) in [5.74, 6) is 0.370. The van der Waals surface area contributed by atoms with Gasteiger partial charge in [0.2, 0.25) is 0 Å². The number of hydrogen-bond acceptors (Lipinski definition) is 5. The van der Waals surface area contributed by atoms with Crippen LogP contribution in [0.3, 0.4) is 0 Å². The highest BCUT2D eigenvalue weighted by molar-refractivity contribution is 9.11. The number of hydrogen-bond donors (Lipinski definition) is 2. The predicted octanol–water partition coefficient (Wildman–Crippen LogP) is 3.54. The van der Waals surface area contributed by atoms with Gasteiger partial charge in [0, 0.05) is 11.0 Å². The number of benzene rings is 1. The monoisotopic (exact) mass is 438 g/mol. The molecule has 26 heavy (non-hydrogen) atoms. The van der Waals surface area contributed by atoms with Crippen molar-refractivity contribution in [3.63, 3.8) is 0 Å². The van der Waals surface area contributed by atoms with Crippen molar-refractivity contribution in [3.05, 3.63) is 51.1 Å². The zero-order valence-electron chi connectivity index (χ0n) is 14.3. The van der Waals surface area contributed by atoms with Crippen LogP contribution in [-0.2, 0) is 9.59 Å². The van der Waals surface area contributed by atoms with Crippen LogP contribution in [0.25, 0.3) is 6.08 Å². The van der Waals surface area contributed by atoms with Crippen LogP contribution < -0.4 is 20.3 Å². The normalized spacial score (nSPS) is 11.8. The van der Waals surface area contributed by atoms with Crippen LogP contribution >= 0.6 is 27.3 Å². The fourth-order valence-corrected chi connectivity index (χ4v) is 3.21. The second kappa shape index (κ2) is 9.98. The lowest BCUT2D eigenvalue weighted by atomic mass is 10.3. The van der Waals surface area contributed by atoms with Crippen LogP contribution in [0.5, 0.6) is 11.5 Å². The number of halogens is 1. The zero-order valence-corrected chi connectivity index (χ0v) is 16.7. The molecule has 0 saturated heterocycles. The Hall–Kier alpha value is -2.32. The van der Waals surface area contributed by atoms with Crippen LogP contribution in [0, 0.1) is 0 Å². The van der Waals surface area contributed by atoms with Crippen molar-refractivity contribution in [2.75, 3.05) is 6.61 Å². The molecule has 6 nitrogen and oxygen atoms in total. The Morgan fingerprint density at radius 1 is 1.15 bits per heavy atom. The molecule has 2 amide bonds. The van der Waals surface area contributed by atoms with Crippen molar-refractivity contribution in [2.45, 2.75) is 20.0 Å². The van der Waals surface area contributed by atoms with Crippen molar-refractivity contribution in [1.82, 2.24) is 10.9 Å². The van der Waals surface area contributed by atoms with Crippen LogP contribution in [0.1, 0.15) is 18.7 Å². The molecule has 0 aliphatic rings. The predicted molar refractivity (Wildman–Crippen MR) is 105 cm³/mol. The number of thiophene rings is 1. The summed E-state index contributed by atoms with van der Waals surface area (Å²) in [6, 6.07) is 10.7. The van der Waals surface area contributed by atoms with E-state index in [0.29, 0.717) is 12.4 Å². The summed E-state index contributed by atoms with van der Waals surface area (Å²) < 4.78 is 11.9. The first kappa shape index (κ1) is 20.0. The Morgan fingerprint density at radius 3 is 2.46 bits per heavy atom. The lowest BCUT2D eigenvalue weighted by Crippen LogP contribution is -2.46. The molecule has 1 atom stereocenters. The quantitative estimate of drug-likeness (QED) is 0.511. The second-order valence-corrected chi connectivity index (χ2v) is 7.61. The van der Waals surface area contributed by atoms with Crippen LogP contribution in [0.2, 0.25) is 0 Å². The van der Waals surface area contributed by atoms with Crippen LogP contribution in [0.15, 0.2) is 46.3 Å². The molecule has 1 unspecified atom stereocenters. The first-order valence-corrected chi connectivity index (χ1v) is 9.51. The first-order chi connectivity index (χ1) is 12.5. The molecule has 1 aromatic carbocycles. The highest BCUT2D eigenvalue weighted by Crippen LogP contribution is 2.22. The van der Waals surface area contributed by atoms with Gasteiger partial charge in [-0.05, 0) is 72.3 Å². The van der Waals surface area contributed by atoms with E-state index in [-0.39, 0.29) is 0 Å². The van der Waals surface area contributed by atoms with E-state index < -0.39 is 17.9 Å². The molecule has 8 heteroatoms. The Kier molecular flexibility index (Phi) is 7.68. The van der Waals surface area contributed by atoms with Gasteiger partial charge < -0.3 is 9.47 Å². The topological polar surface area (TPSA) is 76.7 Å². The van der Waals surface area contributed by atoms with Gasteiger partial charge in [-0.25, -0.2) is 0 Å². The number of hydrazine groups is 1. The molecule has 0 spiro atoms. The Morgan fingerprint density at radius 2 is 1.85 bits per heavy atom. The molecule has 0 saturated carbocycles. The minimum atomic E-state index is -0.773. The largest absolute Gasteiger partial charge is 0.494 e. The number of carbonyl (C=O) groups is 2. The minimum Gasteiger partial charge on any atom is -0.494 e. The number of nitrogens with one attached hydrogen (secondary N) is 2. The van der Waals surface area contributed by atoms with Crippen molar-refractivity contribution >= 4 is 45.2 Å². The number of carbonyl (C=O) groups excluding carboxylic acids is 2. The highest BCUT2D eigenvalue weighted by Gasteiger charge is 2.15. The summed E-state index contributed by atoms with van der Waals surface area (Å²) in [6.07, 6.45) is 2.23. The summed E-state index contributed by atoms with van der Waals surface area (Å²) in [4.78, 5) is 24.7. The highest BCUT2D eigenvalue weighted by atomic mass is 79.9. The zero-order chi connectivity index (χ0) is 18.9. The maximum Gasteiger partial charge on any atom is 0.279 e. The molecule has 0 radical (unpaired) electrons. The van der Waals surface area contributed by atoms with E-state index in [1.807, 2.05) is 19.1 Å². The number of ether oxygens (including phenoxy) is 2. The van der Waals surface area contributed by atoms with Crippen LogP contribution in [-0.4, -0.2) is 24.5 Å². The van der Waals surface area contributed by atoms with Crippen molar-refractivity contribution in [2.24, 2.45) is 0 Å². The van der Waals surface area contributed by atoms with E-state index >= 15 is 0 Å². The molecule has 138 valence electrons. The molecule has 0 aliphatic carbocycles. The number of amides is 2. The third-order valence-electron chi connectivity index (χ3n) is 3.12. The molecule has 0 aliphatic heterocycles. The molecule has 1 aromatic heterocycles. The maximum atomic E-state index is 12.0. The van der Waals surface area contributed by atoms with Gasteiger partial charge in [0.1, 0.15) is 11.5 Å². The molecule has 0 fully saturated rings. The van der Waals surface area contributed by atoms with E-state index in [1.165, 1.54) is 17.4 Å². The van der Waals surface area contributed by atoms with Crippen LogP contribution in [0.4, 0.5) is 0 Å². The third kappa shape index (κ3) is 6.53. The summed E-state index contributed by atoms with van der Waals surface area (Å²) in [5, 5.41) is 0. The molecule has 2 rings (SSSR count). The van der Waals surface area contributed by atoms with Gasteiger partial charge in [-0.1, -0.05) is 0 Å². The standard InChI is InChI=1S/C18H19BrN2O4S/c1-3-24-13-4-6-14(7-5-13)25-12(2)18(23)21-20-17(22)11-9-15-8-10-16(19)26-15/h4-12H,3H2,1-2H3,(H,20,22)(H,21,23)/b11-9+. The molecule has 2 aromatic rings. The Bertz CT molecular complexity index is 774. The third-order valence-corrected chi connectivity index (χ3v) is 4.71. The Balaban J connectivity index is 1.77. The molecular weight excluding hydrogens is 420 g/mol. The number of rotatable bonds is 7. The van der Waals surface area contributed by atoms with Gasteiger partial charge in [-0.2, -0.15) is 0 Å². The van der Waals surface area contributed by atoms with Gasteiger partial charge >= 0.3 is 0 Å². The fraction of sp³-hybridized carbons (Fsp3) is 0.222. The molecule has 2 N–H and O–H groups in total. The summed E-state index contributed by atoms with van der Waals surface area (Å²) in [7, 11) is 0. The van der Waals surface area contributed by atoms with E-state index in [9.17, 15) is 9.59 Å². The van der Waals surface area contributed by atoms with E-state index in [1.54, 1.807) is 37.3 Å². The van der Waals surface area contributed by atoms with Gasteiger partial charge in [-0.3, -0.25) is 20.4 Å². The van der Waals surface area contributed by atoms with Gasteiger partial charge in [0.25, 0.3) is 11.8 Å². The average molecular weight is 439 g/mol. The average Bonchev–Trinajstić information content (AvgIpc) is 3.05. The van der Waals surface area contributed by atoms with Gasteiger partial charge in [0.15, 0.2) is 6.10 Å². The minimum absolute atomic E-state index is 0.434. The van der Waals surface area contributed by atoms with Crippen molar-refractivity contribution in [3.8, 4) is 11.5 Å². The smallest absolute Gasteiger partial charge is 0.279 e. The van der Waals surface area contributed by atoms with E-state index in [4.69, 9.17) is 9.47 Å². The van der Waals surface area contributed by atoms with E-state index in [2.05, 4.69) is 26.8 Å². The van der Waals surface area contributed by atoms with Gasteiger partial charge in [0.05, 0.1) is 10.4 Å². The molecule has 0 bridgehead atoms. The van der Waals surface area contributed by atoms with E-state index in [0.717, 1.165) is 14.4 Å². The molecule has 1 heterocycles. The summed E-state index contributed by atoms with van der Waals surface area (Å²) in [6.45, 7) is 4.08. The lowest BCUT2D eigenvalue weighted by Gasteiger charge is -2.15. The Labute approximate surface area is 164 Å². The lowest BCUT2D eigenvalue weighted by molar-refractivity contribution is -0.131. The van der Waals surface area contributed by atoms with Crippen molar-refractivity contribution in [1.29, 1.82) is 0 Å². The fourth-order valence-electron chi connectivity index (χ4n) is 1.88.